The molecule has 1 unspecified atom stereocenters. The topological polar surface area (TPSA) is 37.9 Å². The fraction of sp³-hybridized carbons (Fsp3) is 0.0741. The highest BCUT2D eigenvalue weighted by molar-refractivity contribution is 7.25. The SMILES string of the molecule is CC[C@@H]1C(c2ccc(-c3ccc4c(c3)sc3ccc(-c5ccccc5)cc34)cc2)=NC(c2ccc3c(c2)oc2ccccc23)=NC1c1cccc(-c2ccccc2)c1. The molecule has 0 spiro atoms. The maximum Gasteiger partial charge on any atom is 0.155 e. The van der Waals surface area contributed by atoms with E-state index in [1.165, 1.54) is 59.1 Å². The predicted molar refractivity (Wildman–Crippen MR) is 245 cm³/mol. The molecule has 8 aromatic carbocycles. The molecule has 11 rings (SSSR count). The quantitative estimate of drug-likeness (QED) is 0.159. The number of thiophene rings is 1. The number of nitrogens with zero attached hydrogens (tertiary/aromatic N) is 2. The summed E-state index contributed by atoms with van der Waals surface area (Å²) in [5.74, 6) is 0.818. The lowest BCUT2D eigenvalue weighted by Crippen LogP contribution is -2.28. The maximum atomic E-state index is 6.33. The fourth-order valence-electron chi connectivity index (χ4n) is 8.74. The first-order valence-electron chi connectivity index (χ1n) is 20.0. The third-order valence-corrected chi connectivity index (χ3v) is 12.9. The number of amidine groups is 1. The standard InChI is InChI=1S/C54H38N2OS/c1-2-43-52(37-22-20-36(21-23-37)40-24-28-46-47-31-39(35-14-7-4-8-15-35)26-29-50(47)58-51(46)33-40)55-54(42-25-27-45-44-18-9-10-19-48(44)57-49(45)32-42)56-53(43)41-17-11-16-38(30-41)34-12-5-3-6-13-34/h3-33,43,53H,2H2,1H3/t43-,53?/m1/s1. The van der Waals surface area contributed by atoms with E-state index in [2.05, 4.69) is 183 Å². The molecule has 2 atom stereocenters. The average molecular weight is 763 g/mol. The number of fused-ring (bicyclic) bond motifs is 6. The number of aliphatic imine (C=N–C) groups is 2. The number of hydrogen-bond acceptors (Lipinski definition) is 4. The number of hydrogen-bond donors (Lipinski definition) is 0. The van der Waals surface area contributed by atoms with E-state index >= 15 is 0 Å². The molecule has 0 bridgehead atoms. The van der Waals surface area contributed by atoms with E-state index in [0.29, 0.717) is 0 Å². The van der Waals surface area contributed by atoms with E-state index < -0.39 is 0 Å². The molecule has 0 fully saturated rings. The molecule has 0 saturated carbocycles. The first-order valence-corrected chi connectivity index (χ1v) is 20.8. The minimum absolute atomic E-state index is 0.0891. The Morgan fingerprint density at radius 2 is 1.05 bits per heavy atom. The molecule has 1 aliphatic rings. The van der Waals surface area contributed by atoms with Gasteiger partial charge in [-0.3, -0.25) is 4.99 Å². The highest BCUT2D eigenvalue weighted by Crippen LogP contribution is 2.41. The number of rotatable bonds is 7. The molecule has 3 heterocycles. The van der Waals surface area contributed by atoms with Gasteiger partial charge in [0.05, 0.1) is 11.8 Å². The van der Waals surface area contributed by atoms with Crippen LogP contribution in [0.15, 0.2) is 202 Å². The van der Waals surface area contributed by atoms with Gasteiger partial charge in [0.2, 0.25) is 0 Å². The van der Waals surface area contributed by atoms with Crippen LogP contribution in [-0.2, 0) is 0 Å². The molecule has 276 valence electrons. The molecule has 2 aromatic heterocycles. The van der Waals surface area contributed by atoms with Crippen LogP contribution in [0, 0.1) is 5.92 Å². The summed E-state index contributed by atoms with van der Waals surface area (Å²) in [6, 6.07) is 67.4. The summed E-state index contributed by atoms with van der Waals surface area (Å²) in [5.41, 5.74) is 13.3. The minimum atomic E-state index is -0.111. The molecule has 0 aliphatic carbocycles. The normalized spacial score (nSPS) is 15.6. The largest absolute Gasteiger partial charge is 0.456 e. The Labute approximate surface area is 341 Å². The van der Waals surface area contributed by atoms with Gasteiger partial charge in [0.15, 0.2) is 5.84 Å². The molecule has 4 heteroatoms. The zero-order chi connectivity index (χ0) is 38.6. The van der Waals surface area contributed by atoms with Gasteiger partial charge in [0, 0.05) is 42.4 Å². The van der Waals surface area contributed by atoms with Crippen LogP contribution in [0.3, 0.4) is 0 Å². The van der Waals surface area contributed by atoms with Gasteiger partial charge in [0.1, 0.15) is 11.2 Å². The zero-order valence-electron chi connectivity index (χ0n) is 32.0. The van der Waals surface area contributed by atoms with Gasteiger partial charge in [-0.2, -0.15) is 0 Å². The Morgan fingerprint density at radius 1 is 0.448 bits per heavy atom. The van der Waals surface area contributed by atoms with Crippen molar-refractivity contribution in [2.24, 2.45) is 15.9 Å². The summed E-state index contributed by atoms with van der Waals surface area (Å²) >= 11 is 1.86. The Balaban J connectivity index is 0.978. The first-order chi connectivity index (χ1) is 28.7. The second-order valence-corrected chi connectivity index (χ2v) is 16.3. The van der Waals surface area contributed by atoms with E-state index in [-0.39, 0.29) is 12.0 Å². The summed E-state index contributed by atoms with van der Waals surface area (Å²) in [5, 5.41) is 4.82. The molecule has 0 amide bonds. The molecular formula is C54H38N2OS. The van der Waals surface area contributed by atoms with Crippen molar-refractivity contribution in [3.63, 3.8) is 0 Å². The van der Waals surface area contributed by atoms with Crippen LogP contribution in [-0.4, -0.2) is 11.5 Å². The molecule has 3 nitrogen and oxygen atoms in total. The molecule has 0 N–H and O–H groups in total. The average Bonchev–Trinajstić information content (AvgIpc) is 3.86. The van der Waals surface area contributed by atoms with Crippen molar-refractivity contribution in [3.8, 4) is 33.4 Å². The van der Waals surface area contributed by atoms with Crippen LogP contribution in [0.4, 0.5) is 0 Å². The van der Waals surface area contributed by atoms with E-state index in [1.54, 1.807) is 0 Å². The summed E-state index contributed by atoms with van der Waals surface area (Å²) in [4.78, 5) is 10.9. The van der Waals surface area contributed by atoms with E-state index in [0.717, 1.165) is 51.0 Å². The lowest BCUT2D eigenvalue weighted by molar-refractivity contribution is 0.532. The van der Waals surface area contributed by atoms with Gasteiger partial charge < -0.3 is 4.42 Å². The highest BCUT2D eigenvalue weighted by atomic mass is 32.1. The third kappa shape index (κ3) is 6.05. The first kappa shape index (κ1) is 34.4. The molecular weight excluding hydrogens is 725 g/mol. The Morgan fingerprint density at radius 3 is 1.84 bits per heavy atom. The van der Waals surface area contributed by atoms with Crippen molar-refractivity contribution in [1.29, 1.82) is 0 Å². The van der Waals surface area contributed by atoms with Crippen molar-refractivity contribution in [2.75, 3.05) is 0 Å². The Bertz CT molecular complexity index is 3210. The zero-order valence-corrected chi connectivity index (χ0v) is 32.8. The van der Waals surface area contributed by atoms with Gasteiger partial charge in [-0.1, -0.05) is 153 Å². The van der Waals surface area contributed by atoms with Crippen LogP contribution in [0.5, 0.6) is 0 Å². The number of para-hydroxylation sites is 1. The molecule has 0 radical (unpaired) electrons. The molecule has 10 aromatic rings. The monoisotopic (exact) mass is 762 g/mol. The van der Waals surface area contributed by atoms with Crippen LogP contribution in [0.1, 0.15) is 36.1 Å². The van der Waals surface area contributed by atoms with Crippen molar-refractivity contribution in [2.45, 2.75) is 19.4 Å². The van der Waals surface area contributed by atoms with Crippen LogP contribution < -0.4 is 0 Å². The Kier molecular flexibility index (Phi) is 8.45. The maximum absolute atomic E-state index is 6.33. The van der Waals surface area contributed by atoms with Crippen LogP contribution in [0.25, 0.3) is 75.5 Å². The Hall–Kier alpha value is -6.88. The summed E-state index contributed by atoms with van der Waals surface area (Å²) in [6.07, 6.45) is 0.898. The lowest BCUT2D eigenvalue weighted by atomic mass is 9.82. The summed E-state index contributed by atoms with van der Waals surface area (Å²) in [6.45, 7) is 2.26. The summed E-state index contributed by atoms with van der Waals surface area (Å²) in [7, 11) is 0. The van der Waals surface area contributed by atoms with Gasteiger partial charge in [-0.05, 0) is 93.4 Å². The van der Waals surface area contributed by atoms with E-state index in [1.807, 2.05) is 23.5 Å². The predicted octanol–water partition coefficient (Wildman–Crippen LogP) is 15.0. The van der Waals surface area contributed by atoms with Gasteiger partial charge in [0.25, 0.3) is 0 Å². The van der Waals surface area contributed by atoms with Crippen molar-refractivity contribution in [1.82, 2.24) is 0 Å². The highest BCUT2D eigenvalue weighted by Gasteiger charge is 2.32. The smallest absolute Gasteiger partial charge is 0.155 e. The second-order valence-electron chi connectivity index (χ2n) is 15.2. The van der Waals surface area contributed by atoms with Gasteiger partial charge in [-0.25, -0.2) is 4.99 Å². The van der Waals surface area contributed by atoms with Crippen LogP contribution in [0.2, 0.25) is 0 Å². The molecule has 0 saturated heterocycles. The lowest BCUT2D eigenvalue weighted by Gasteiger charge is -2.30. The van der Waals surface area contributed by atoms with Gasteiger partial charge >= 0.3 is 0 Å². The van der Waals surface area contributed by atoms with Crippen LogP contribution >= 0.6 is 11.3 Å². The minimum Gasteiger partial charge on any atom is -0.456 e. The van der Waals surface area contributed by atoms with Crippen molar-refractivity contribution in [3.05, 3.63) is 205 Å². The van der Waals surface area contributed by atoms with Crippen molar-refractivity contribution >= 4 is 65.0 Å². The molecule has 58 heavy (non-hydrogen) atoms. The third-order valence-electron chi connectivity index (χ3n) is 11.7. The summed E-state index contributed by atoms with van der Waals surface area (Å²) < 4.78 is 8.94. The van der Waals surface area contributed by atoms with E-state index in [4.69, 9.17) is 14.4 Å². The van der Waals surface area contributed by atoms with Crippen molar-refractivity contribution < 1.29 is 4.42 Å². The van der Waals surface area contributed by atoms with E-state index in [9.17, 15) is 0 Å². The molecule has 1 aliphatic heterocycles. The number of furan rings is 1. The second kappa shape index (κ2) is 14.3. The fourth-order valence-corrected chi connectivity index (χ4v) is 9.86. The van der Waals surface area contributed by atoms with Gasteiger partial charge in [-0.15, -0.1) is 11.3 Å². The number of benzene rings is 8.